The summed E-state index contributed by atoms with van der Waals surface area (Å²) >= 11 is 0. The van der Waals surface area contributed by atoms with Crippen molar-refractivity contribution < 1.29 is 14.3 Å². The average molecular weight is 441 g/mol. The van der Waals surface area contributed by atoms with Gasteiger partial charge in [-0.25, -0.2) is 4.79 Å². The van der Waals surface area contributed by atoms with Crippen molar-refractivity contribution in [3.05, 3.63) is 35.4 Å². The number of nitrogens with zero attached hydrogens (tertiary/aromatic N) is 4. The quantitative estimate of drug-likeness (QED) is 0.707. The van der Waals surface area contributed by atoms with Crippen LogP contribution in [-0.2, 0) is 14.9 Å². The molecule has 1 atom stereocenters. The molecule has 0 radical (unpaired) electrons. The van der Waals surface area contributed by atoms with Crippen molar-refractivity contribution in [1.82, 2.24) is 19.6 Å². The third-order valence-electron chi connectivity index (χ3n) is 8.16. The first-order valence-corrected chi connectivity index (χ1v) is 12.2. The Balaban J connectivity index is 1.25. The van der Waals surface area contributed by atoms with E-state index in [2.05, 4.69) is 41.1 Å². The van der Waals surface area contributed by atoms with Crippen molar-refractivity contribution in [3.63, 3.8) is 0 Å². The van der Waals surface area contributed by atoms with Crippen LogP contribution in [0.15, 0.2) is 24.3 Å². The summed E-state index contributed by atoms with van der Waals surface area (Å²) in [5, 5.41) is 0. The number of amides is 3. The van der Waals surface area contributed by atoms with E-state index in [1.807, 2.05) is 9.80 Å². The molecule has 0 unspecified atom stereocenters. The molecule has 3 aliphatic heterocycles. The summed E-state index contributed by atoms with van der Waals surface area (Å²) in [6, 6.07) is 8.92. The molecule has 174 valence electrons. The van der Waals surface area contributed by atoms with E-state index in [-0.39, 0.29) is 11.4 Å². The van der Waals surface area contributed by atoms with Crippen molar-refractivity contribution in [2.75, 3.05) is 72.6 Å². The summed E-state index contributed by atoms with van der Waals surface area (Å²) in [5.74, 6) is 0.592. The predicted octanol–water partition coefficient (Wildman–Crippen LogP) is 2.12. The summed E-state index contributed by atoms with van der Waals surface area (Å²) in [4.78, 5) is 34.4. The van der Waals surface area contributed by atoms with Crippen LogP contribution in [0, 0.1) is 0 Å². The number of urea groups is 1. The van der Waals surface area contributed by atoms with Crippen LogP contribution >= 0.6 is 0 Å². The second kappa shape index (κ2) is 9.02. The Morgan fingerprint density at radius 1 is 0.906 bits per heavy atom. The molecular weight excluding hydrogens is 404 g/mol. The van der Waals surface area contributed by atoms with E-state index in [1.54, 1.807) is 0 Å². The van der Waals surface area contributed by atoms with Crippen LogP contribution < -0.4 is 0 Å². The molecule has 0 saturated carbocycles. The average Bonchev–Trinajstić information content (AvgIpc) is 3.13. The van der Waals surface area contributed by atoms with Crippen molar-refractivity contribution in [2.45, 2.75) is 37.0 Å². The number of benzene rings is 1. The van der Waals surface area contributed by atoms with E-state index in [0.29, 0.717) is 44.5 Å². The van der Waals surface area contributed by atoms with Gasteiger partial charge in [-0.2, -0.15) is 0 Å². The summed E-state index contributed by atoms with van der Waals surface area (Å²) in [5.41, 5.74) is 2.89. The van der Waals surface area contributed by atoms with Gasteiger partial charge in [0.2, 0.25) is 5.91 Å². The first-order chi connectivity index (χ1) is 15.6. The molecule has 4 aliphatic rings. The summed E-state index contributed by atoms with van der Waals surface area (Å²) in [7, 11) is 2.12. The highest BCUT2D eigenvalue weighted by atomic mass is 16.5. The number of morpholine rings is 1. The molecule has 5 rings (SSSR count). The van der Waals surface area contributed by atoms with Gasteiger partial charge in [0.05, 0.1) is 13.2 Å². The molecule has 1 aromatic carbocycles. The Morgan fingerprint density at radius 3 is 2.28 bits per heavy atom. The number of likely N-dealkylation sites (N-methyl/N-ethyl adjacent to an activating group) is 1. The van der Waals surface area contributed by atoms with Crippen molar-refractivity contribution in [1.29, 1.82) is 0 Å². The second-order valence-electron chi connectivity index (χ2n) is 10.0. The molecule has 1 spiro atoms. The van der Waals surface area contributed by atoms with E-state index in [9.17, 15) is 9.59 Å². The predicted molar refractivity (Wildman–Crippen MR) is 123 cm³/mol. The lowest BCUT2D eigenvalue weighted by Crippen LogP contribution is -2.52. The molecule has 7 nitrogen and oxygen atoms in total. The zero-order valence-corrected chi connectivity index (χ0v) is 19.3. The Labute approximate surface area is 191 Å². The van der Waals surface area contributed by atoms with Gasteiger partial charge in [0.25, 0.3) is 0 Å². The minimum atomic E-state index is 0.103. The first kappa shape index (κ1) is 21.7. The van der Waals surface area contributed by atoms with Gasteiger partial charge in [0.1, 0.15) is 0 Å². The zero-order valence-electron chi connectivity index (χ0n) is 19.3. The molecule has 0 N–H and O–H groups in total. The van der Waals surface area contributed by atoms with Gasteiger partial charge >= 0.3 is 6.03 Å². The highest BCUT2D eigenvalue weighted by Crippen LogP contribution is 2.52. The van der Waals surface area contributed by atoms with Gasteiger partial charge in [0, 0.05) is 58.8 Å². The fourth-order valence-corrected chi connectivity index (χ4v) is 6.16. The second-order valence-corrected chi connectivity index (χ2v) is 10.0. The maximum Gasteiger partial charge on any atom is 0.320 e. The number of piperidine rings is 1. The summed E-state index contributed by atoms with van der Waals surface area (Å²) < 4.78 is 5.40. The smallest absolute Gasteiger partial charge is 0.320 e. The summed E-state index contributed by atoms with van der Waals surface area (Å²) in [6.07, 6.45) is 3.61. The molecule has 3 heterocycles. The Bertz CT molecular complexity index is 837. The van der Waals surface area contributed by atoms with E-state index in [4.69, 9.17) is 4.74 Å². The fourth-order valence-electron chi connectivity index (χ4n) is 6.16. The SMILES string of the molecule is CN1CCN(C(=O)C[C@H]2CC3(CCN(C(=O)N4CCOCC4)CC3)c3ccccc32)CC1. The molecule has 1 aliphatic carbocycles. The molecule has 3 saturated heterocycles. The fraction of sp³-hybridized carbons (Fsp3) is 0.680. The highest BCUT2D eigenvalue weighted by molar-refractivity contribution is 5.78. The standard InChI is InChI=1S/C25H36N4O3/c1-26-10-12-27(13-11-26)23(30)18-20-19-25(22-5-3-2-4-21(20)22)6-8-28(9-7-25)24(31)29-14-16-32-17-15-29/h2-5,20H,6-19H2,1H3/t20-/m0/s1. The van der Waals surface area contributed by atoms with Gasteiger partial charge in [-0.05, 0) is 48.8 Å². The van der Waals surface area contributed by atoms with Gasteiger partial charge in [0.15, 0.2) is 0 Å². The lowest BCUT2D eigenvalue weighted by Gasteiger charge is -2.42. The highest BCUT2D eigenvalue weighted by Gasteiger charge is 2.46. The summed E-state index contributed by atoms with van der Waals surface area (Å²) in [6.45, 7) is 7.86. The number of fused-ring (bicyclic) bond motifs is 2. The third-order valence-corrected chi connectivity index (χ3v) is 8.16. The van der Waals surface area contributed by atoms with Crippen LogP contribution in [0.1, 0.15) is 42.7 Å². The van der Waals surface area contributed by atoms with Gasteiger partial charge in [-0.15, -0.1) is 0 Å². The number of likely N-dealkylation sites (tertiary alicyclic amines) is 1. The number of piperazine rings is 1. The van der Waals surface area contributed by atoms with Crippen molar-refractivity contribution in [2.24, 2.45) is 0 Å². The lowest BCUT2D eigenvalue weighted by atomic mass is 9.73. The first-order valence-electron chi connectivity index (χ1n) is 12.2. The number of carbonyl (C=O) groups is 2. The zero-order chi connectivity index (χ0) is 22.1. The third kappa shape index (κ3) is 4.13. The van der Waals surface area contributed by atoms with Crippen LogP contribution in [0.5, 0.6) is 0 Å². The van der Waals surface area contributed by atoms with Crippen LogP contribution in [0.4, 0.5) is 4.79 Å². The van der Waals surface area contributed by atoms with Crippen LogP contribution in [0.25, 0.3) is 0 Å². The lowest BCUT2D eigenvalue weighted by molar-refractivity contribution is -0.133. The van der Waals surface area contributed by atoms with Crippen molar-refractivity contribution in [3.8, 4) is 0 Å². The molecule has 3 amide bonds. The number of hydrogen-bond donors (Lipinski definition) is 0. The van der Waals surface area contributed by atoms with Crippen LogP contribution in [0.3, 0.4) is 0 Å². The monoisotopic (exact) mass is 440 g/mol. The topological polar surface area (TPSA) is 56.3 Å². The number of hydrogen-bond acceptors (Lipinski definition) is 4. The maximum absolute atomic E-state index is 13.1. The van der Waals surface area contributed by atoms with E-state index in [1.165, 1.54) is 11.1 Å². The molecule has 1 aromatic rings. The van der Waals surface area contributed by atoms with Gasteiger partial charge in [-0.1, -0.05) is 24.3 Å². The molecule has 7 heteroatoms. The van der Waals surface area contributed by atoms with Crippen molar-refractivity contribution >= 4 is 11.9 Å². The maximum atomic E-state index is 13.1. The van der Waals surface area contributed by atoms with E-state index in [0.717, 1.165) is 58.5 Å². The van der Waals surface area contributed by atoms with Crippen LogP contribution in [0.2, 0.25) is 0 Å². The molecule has 0 bridgehead atoms. The molecular formula is C25H36N4O3. The van der Waals surface area contributed by atoms with E-state index >= 15 is 0 Å². The van der Waals surface area contributed by atoms with Gasteiger partial charge in [-0.3, -0.25) is 4.79 Å². The van der Waals surface area contributed by atoms with Crippen LogP contribution in [-0.4, -0.2) is 104 Å². The number of rotatable bonds is 2. The number of carbonyl (C=O) groups excluding carboxylic acids is 2. The molecule has 3 fully saturated rings. The van der Waals surface area contributed by atoms with Gasteiger partial charge < -0.3 is 24.3 Å². The molecule has 32 heavy (non-hydrogen) atoms. The minimum absolute atomic E-state index is 0.103. The minimum Gasteiger partial charge on any atom is -0.378 e. The Hall–Kier alpha value is -2.12. The molecule has 0 aromatic heterocycles. The van der Waals surface area contributed by atoms with E-state index < -0.39 is 0 Å². The largest absolute Gasteiger partial charge is 0.378 e. The Morgan fingerprint density at radius 2 is 1.56 bits per heavy atom. The number of ether oxygens (including phenoxy) is 1. The Kier molecular flexibility index (Phi) is 6.12. The normalized spacial score (nSPS) is 25.8.